The minimum atomic E-state index is -1.03. The average Bonchev–Trinajstić information content (AvgIpc) is 2.94. The molecule has 0 bridgehead atoms. The Bertz CT molecular complexity index is 943. The molecule has 0 unspecified atom stereocenters. The van der Waals surface area contributed by atoms with Gasteiger partial charge in [0.25, 0.3) is 0 Å². The number of nitrogens with zero attached hydrogens (tertiary/aromatic N) is 4. The van der Waals surface area contributed by atoms with Gasteiger partial charge < -0.3 is 24.1 Å². The number of pyridine rings is 2. The summed E-state index contributed by atoms with van der Waals surface area (Å²) in [5.74, 6) is -1.03. The summed E-state index contributed by atoms with van der Waals surface area (Å²) in [5.41, 5.74) is 3.17. The van der Waals surface area contributed by atoms with Gasteiger partial charge in [0, 0.05) is 45.5 Å². The maximum atomic E-state index is 11.3. The normalized spacial score (nSPS) is 18.3. The van der Waals surface area contributed by atoms with Crippen molar-refractivity contribution in [1.82, 2.24) is 19.8 Å². The van der Waals surface area contributed by atoms with Crippen LogP contribution in [0.4, 0.5) is 0 Å². The van der Waals surface area contributed by atoms with Crippen LogP contribution < -0.4 is 0 Å². The van der Waals surface area contributed by atoms with E-state index in [4.69, 9.17) is 18.9 Å². The highest BCUT2D eigenvalue weighted by molar-refractivity contribution is 5.85. The fourth-order valence-electron chi connectivity index (χ4n) is 4.25. The molecule has 10 nitrogen and oxygen atoms in total. The highest BCUT2D eigenvalue weighted by Gasteiger charge is 2.12. The molecule has 0 atom stereocenters. The van der Waals surface area contributed by atoms with Crippen molar-refractivity contribution in [2.24, 2.45) is 0 Å². The van der Waals surface area contributed by atoms with Crippen LogP contribution in [0.3, 0.4) is 0 Å². The fraction of sp³-hybridized carbons (Fsp3) is 0.621. The Morgan fingerprint density at radius 3 is 1.92 bits per heavy atom. The van der Waals surface area contributed by atoms with Gasteiger partial charge in [0.05, 0.1) is 64.2 Å². The van der Waals surface area contributed by atoms with Crippen LogP contribution in [0, 0.1) is 0 Å². The van der Waals surface area contributed by atoms with Gasteiger partial charge in [-0.05, 0) is 42.7 Å². The predicted octanol–water partition coefficient (Wildman–Crippen LogP) is 2.90. The molecule has 0 radical (unpaired) electrons. The van der Waals surface area contributed by atoms with Crippen molar-refractivity contribution in [3.63, 3.8) is 0 Å². The molecule has 2 aromatic rings. The lowest BCUT2D eigenvalue weighted by Crippen LogP contribution is -2.33. The summed E-state index contributed by atoms with van der Waals surface area (Å²) in [4.78, 5) is 24.6. The second kappa shape index (κ2) is 18.8. The van der Waals surface area contributed by atoms with Gasteiger partial charge in [-0.1, -0.05) is 19.4 Å². The smallest absolute Gasteiger partial charge is 0.354 e. The first kappa shape index (κ1) is 31.1. The first-order chi connectivity index (χ1) is 19.1. The number of carboxylic acid groups (broad SMARTS) is 1. The van der Waals surface area contributed by atoms with Gasteiger partial charge in [-0.25, -0.2) is 9.78 Å². The van der Waals surface area contributed by atoms with E-state index < -0.39 is 5.97 Å². The van der Waals surface area contributed by atoms with Crippen molar-refractivity contribution in [2.75, 3.05) is 79.0 Å². The van der Waals surface area contributed by atoms with Gasteiger partial charge in [-0.15, -0.1) is 0 Å². The van der Waals surface area contributed by atoms with E-state index in [1.54, 1.807) is 6.07 Å². The first-order valence-corrected chi connectivity index (χ1v) is 14.0. The standard InChI is InChI=1S/C29H44N4O6/c1-2-3-5-25-8-9-30-27(22-25)24-33-12-16-38-20-18-36-14-10-32(11-15-37-19-21-39-17-13-33)23-26-6-4-7-28(31-26)29(34)35/h4,6-9,22H,2-3,5,10-21,23-24H2,1H3,(H,34,35). The highest BCUT2D eigenvalue weighted by Crippen LogP contribution is 2.09. The number of rotatable bonds is 8. The van der Waals surface area contributed by atoms with E-state index in [0.717, 1.165) is 31.7 Å². The lowest BCUT2D eigenvalue weighted by Gasteiger charge is -2.23. The Morgan fingerprint density at radius 2 is 1.38 bits per heavy atom. The zero-order chi connectivity index (χ0) is 27.5. The maximum absolute atomic E-state index is 11.3. The molecule has 0 aromatic carbocycles. The second-order valence-electron chi connectivity index (χ2n) is 9.58. The Labute approximate surface area is 232 Å². The van der Waals surface area contributed by atoms with Gasteiger partial charge in [-0.2, -0.15) is 0 Å². The molecule has 1 N–H and O–H groups in total. The highest BCUT2D eigenvalue weighted by atomic mass is 16.5. The van der Waals surface area contributed by atoms with E-state index in [2.05, 4.69) is 38.8 Å². The van der Waals surface area contributed by atoms with Crippen LogP contribution in [0.5, 0.6) is 0 Å². The van der Waals surface area contributed by atoms with Crippen LogP contribution in [0.1, 0.15) is 47.2 Å². The van der Waals surface area contributed by atoms with Crippen LogP contribution in [-0.4, -0.2) is 110 Å². The van der Waals surface area contributed by atoms with E-state index in [-0.39, 0.29) is 5.69 Å². The third-order valence-corrected chi connectivity index (χ3v) is 6.45. The molecule has 0 saturated carbocycles. The summed E-state index contributed by atoms with van der Waals surface area (Å²) in [6, 6.07) is 9.38. The summed E-state index contributed by atoms with van der Waals surface area (Å²) in [5, 5.41) is 9.23. The Hall–Kier alpha value is -2.47. The summed E-state index contributed by atoms with van der Waals surface area (Å²) in [6.07, 6.45) is 5.37. The SMILES string of the molecule is CCCCc1ccnc(CN2CCOCCOCCN(Cc3cccc(C(=O)O)n3)CCOCCOCC2)c1. The molecule has 0 aliphatic carbocycles. The number of carboxylic acids is 1. The number of aryl methyl sites for hydroxylation is 1. The second-order valence-corrected chi connectivity index (χ2v) is 9.58. The number of hydrogen-bond donors (Lipinski definition) is 1. The molecule has 2 aromatic heterocycles. The first-order valence-electron chi connectivity index (χ1n) is 14.0. The zero-order valence-electron chi connectivity index (χ0n) is 23.3. The molecule has 3 heterocycles. The van der Waals surface area contributed by atoms with Crippen molar-refractivity contribution in [3.8, 4) is 0 Å². The van der Waals surface area contributed by atoms with Crippen LogP contribution in [0.25, 0.3) is 0 Å². The molecule has 0 amide bonds. The monoisotopic (exact) mass is 544 g/mol. The topological polar surface area (TPSA) is 106 Å². The van der Waals surface area contributed by atoms with Crippen molar-refractivity contribution < 1.29 is 28.8 Å². The molecule has 0 spiro atoms. The van der Waals surface area contributed by atoms with Gasteiger partial charge in [0.2, 0.25) is 0 Å². The molecular weight excluding hydrogens is 500 g/mol. The Morgan fingerprint density at radius 1 is 0.821 bits per heavy atom. The molecule has 3 rings (SSSR count). The molecule has 216 valence electrons. The van der Waals surface area contributed by atoms with Crippen molar-refractivity contribution >= 4 is 5.97 Å². The van der Waals surface area contributed by atoms with Crippen LogP contribution in [-0.2, 0) is 38.5 Å². The maximum Gasteiger partial charge on any atom is 0.354 e. The number of ether oxygens (including phenoxy) is 4. The Balaban J connectivity index is 1.47. The molecule has 1 aliphatic rings. The molecule has 1 aliphatic heterocycles. The molecule has 10 heteroatoms. The van der Waals surface area contributed by atoms with Gasteiger partial charge in [0.1, 0.15) is 5.69 Å². The summed E-state index contributed by atoms with van der Waals surface area (Å²) in [7, 11) is 0. The van der Waals surface area contributed by atoms with Crippen molar-refractivity contribution in [3.05, 3.63) is 59.2 Å². The molecule has 1 saturated heterocycles. The number of aromatic nitrogens is 2. The Kier molecular flexibility index (Phi) is 14.9. The van der Waals surface area contributed by atoms with Crippen LogP contribution >= 0.6 is 0 Å². The third-order valence-electron chi connectivity index (χ3n) is 6.45. The summed E-state index contributed by atoms with van der Waals surface area (Å²) < 4.78 is 23.3. The lowest BCUT2D eigenvalue weighted by molar-refractivity contribution is 0.00598. The third kappa shape index (κ3) is 13.0. The number of hydrogen-bond acceptors (Lipinski definition) is 9. The molecule has 39 heavy (non-hydrogen) atoms. The van der Waals surface area contributed by atoms with Crippen molar-refractivity contribution in [1.29, 1.82) is 0 Å². The van der Waals surface area contributed by atoms with Gasteiger partial charge >= 0.3 is 5.97 Å². The van der Waals surface area contributed by atoms with Crippen LogP contribution in [0.15, 0.2) is 36.5 Å². The lowest BCUT2D eigenvalue weighted by atomic mass is 10.1. The van der Waals surface area contributed by atoms with E-state index in [9.17, 15) is 9.90 Å². The molecular formula is C29H44N4O6. The van der Waals surface area contributed by atoms with E-state index >= 15 is 0 Å². The minimum Gasteiger partial charge on any atom is -0.477 e. The van der Waals surface area contributed by atoms with E-state index in [1.165, 1.54) is 24.5 Å². The van der Waals surface area contributed by atoms with Gasteiger partial charge in [0.15, 0.2) is 0 Å². The number of aromatic carboxylic acids is 1. The summed E-state index contributed by atoms with van der Waals surface area (Å²) >= 11 is 0. The summed E-state index contributed by atoms with van der Waals surface area (Å²) in [6.45, 7) is 10.8. The van der Waals surface area contributed by atoms with E-state index in [1.807, 2.05) is 12.3 Å². The fourth-order valence-corrected chi connectivity index (χ4v) is 4.25. The zero-order valence-corrected chi connectivity index (χ0v) is 23.3. The van der Waals surface area contributed by atoms with Crippen molar-refractivity contribution in [2.45, 2.75) is 39.3 Å². The minimum absolute atomic E-state index is 0.0472. The van der Waals surface area contributed by atoms with Crippen LogP contribution in [0.2, 0.25) is 0 Å². The number of carbonyl (C=O) groups is 1. The largest absolute Gasteiger partial charge is 0.477 e. The van der Waals surface area contributed by atoms with Gasteiger partial charge in [-0.3, -0.25) is 14.8 Å². The average molecular weight is 545 g/mol. The number of unbranched alkanes of at least 4 members (excludes halogenated alkanes) is 1. The quantitative estimate of drug-likeness (QED) is 0.533. The molecule has 1 fully saturated rings. The predicted molar refractivity (Wildman–Crippen MR) is 148 cm³/mol. The van der Waals surface area contributed by atoms with E-state index in [0.29, 0.717) is 78.2 Å².